The molecule has 1 aromatic rings. The standard InChI is InChI=1S/C12H13NO.Mn/c1-3-10(7-8-13-2)11-5-4-6-12(14)9-11;/h4,6,9,14H,2,7-8H2,1H3;/q-2;+2. The molecule has 0 saturated carbocycles. The number of hydrogen-bond acceptors (Lipinski definition) is 2. The summed E-state index contributed by atoms with van der Waals surface area (Å²) in [6.45, 7) is 5.94. The average Bonchev–Trinajstić information content (AvgIpc) is 2.19. The van der Waals surface area contributed by atoms with Crippen LogP contribution in [0.3, 0.4) is 0 Å². The molecule has 3 heteroatoms. The summed E-state index contributed by atoms with van der Waals surface area (Å²) in [5.74, 6) is 0.248. The van der Waals surface area contributed by atoms with Gasteiger partial charge in [0.05, 0.1) is 0 Å². The van der Waals surface area contributed by atoms with Gasteiger partial charge >= 0.3 is 17.1 Å². The monoisotopic (exact) mass is 242 g/mol. The van der Waals surface area contributed by atoms with Crippen molar-refractivity contribution in [1.82, 2.24) is 0 Å². The summed E-state index contributed by atoms with van der Waals surface area (Å²) in [5.41, 5.74) is 1.88. The molecule has 1 aromatic carbocycles. The number of hydrogen-bond donors (Lipinski definition) is 1. The molecule has 0 aliphatic heterocycles. The van der Waals surface area contributed by atoms with Gasteiger partial charge in [0, 0.05) is 12.3 Å². The molecule has 0 saturated heterocycles. The van der Waals surface area contributed by atoms with Crippen LogP contribution in [0.25, 0.3) is 5.57 Å². The van der Waals surface area contributed by atoms with Gasteiger partial charge in [0.25, 0.3) is 0 Å². The van der Waals surface area contributed by atoms with Gasteiger partial charge in [0.2, 0.25) is 0 Å². The van der Waals surface area contributed by atoms with Crippen molar-refractivity contribution in [1.29, 1.82) is 0 Å². The Morgan fingerprint density at radius 1 is 1.67 bits per heavy atom. The van der Waals surface area contributed by atoms with Gasteiger partial charge in [-0.05, 0) is 6.72 Å². The number of phenols is 1. The van der Waals surface area contributed by atoms with Crippen LogP contribution >= 0.6 is 0 Å². The molecule has 0 bridgehead atoms. The number of nitrogens with zero attached hydrogens (tertiary/aromatic N) is 1. The van der Waals surface area contributed by atoms with Crippen LogP contribution in [0.2, 0.25) is 0 Å². The minimum absolute atomic E-state index is 0. The number of aliphatic imine (C=N–C) groups is 1. The van der Waals surface area contributed by atoms with Gasteiger partial charge < -0.3 is 16.2 Å². The van der Waals surface area contributed by atoms with E-state index in [2.05, 4.69) is 23.9 Å². The van der Waals surface area contributed by atoms with Crippen molar-refractivity contribution < 1.29 is 22.2 Å². The fourth-order valence-corrected chi connectivity index (χ4v) is 1.21. The van der Waals surface area contributed by atoms with E-state index in [0.29, 0.717) is 6.54 Å². The van der Waals surface area contributed by atoms with E-state index >= 15 is 0 Å². The molecule has 0 unspecified atom stereocenters. The van der Waals surface area contributed by atoms with Crippen LogP contribution in [0, 0.1) is 12.1 Å². The Bertz CT molecular complexity index is 347. The quantitative estimate of drug-likeness (QED) is 0.491. The Hall–Kier alpha value is -1.05. The number of allylic oxidation sites excluding steroid dienone is 1. The molecule has 0 aliphatic carbocycles. The summed E-state index contributed by atoms with van der Waals surface area (Å²) in [7, 11) is 0. The van der Waals surface area contributed by atoms with E-state index in [0.717, 1.165) is 17.6 Å². The van der Waals surface area contributed by atoms with E-state index in [9.17, 15) is 5.11 Å². The SMILES string of the molecule is C=NCCC(=[C-]C)c1[c-]ccc(O)c1.[Mn+2]. The molecule has 0 heterocycles. The molecule has 1 N–H and O–H groups in total. The predicted octanol–water partition coefficient (Wildman–Crippen LogP) is 2.49. The van der Waals surface area contributed by atoms with Gasteiger partial charge in [-0.15, -0.1) is 13.0 Å². The molecular weight excluding hydrogens is 229 g/mol. The van der Waals surface area contributed by atoms with Gasteiger partial charge in [0.1, 0.15) is 0 Å². The third kappa shape index (κ3) is 4.32. The van der Waals surface area contributed by atoms with E-state index in [1.807, 2.05) is 6.92 Å². The number of benzene rings is 1. The van der Waals surface area contributed by atoms with E-state index < -0.39 is 0 Å². The summed E-state index contributed by atoms with van der Waals surface area (Å²) in [4.78, 5) is 3.78. The largest absolute Gasteiger partial charge is 2.00 e. The Morgan fingerprint density at radius 2 is 2.40 bits per heavy atom. The minimum atomic E-state index is 0. The average molecular weight is 242 g/mol. The van der Waals surface area contributed by atoms with Crippen molar-refractivity contribution in [3.8, 4) is 5.75 Å². The van der Waals surface area contributed by atoms with Crippen molar-refractivity contribution >= 4 is 12.3 Å². The van der Waals surface area contributed by atoms with Crippen LogP contribution in [0.15, 0.2) is 23.2 Å². The van der Waals surface area contributed by atoms with E-state index in [-0.39, 0.29) is 22.8 Å². The van der Waals surface area contributed by atoms with Crippen LogP contribution in [-0.4, -0.2) is 18.4 Å². The van der Waals surface area contributed by atoms with E-state index in [4.69, 9.17) is 0 Å². The zero-order valence-electron chi connectivity index (χ0n) is 8.63. The maximum Gasteiger partial charge on any atom is 2.00 e. The Labute approximate surface area is 101 Å². The molecule has 0 amide bonds. The van der Waals surface area contributed by atoms with Crippen molar-refractivity contribution in [3.63, 3.8) is 0 Å². The normalized spacial score (nSPS) is 10.6. The second kappa shape index (κ2) is 7.27. The first-order valence-corrected chi connectivity index (χ1v) is 4.45. The van der Waals surface area contributed by atoms with Crippen LogP contribution in [0.4, 0.5) is 0 Å². The second-order valence-electron chi connectivity index (χ2n) is 2.89. The van der Waals surface area contributed by atoms with Gasteiger partial charge in [-0.3, -0.25) is 11.1 Å². The molecular formula is C12H13MnNO. The van der Waals surface area contributed by atoms with E-state index in [1.54, 1.807) is 18.2 Å². The maximum atomic E-state index is 9.29. The summed E-state index contributed by atoms with van der Waals surface area (Å²) >= 11 is 0. The molecule has 0 aliphatic rings. The molecule has 0 fully saturated rings. The van der Waals surface area contributed by atoms with Crippen LogP contribution in [0.5, 0.6) is 5.75 Å². The van der Waals surface area contributed by atoms with Crippen molar-refractivity contribution in [2.75, 3.05) is 6.54 Å². The molecule has 1 rings (SSSR count). The molecule has 79 valence electrons. The molecule has 0 atom stereocenters. The second-order valence-corrected chi connectivity index (χ2v) is 2.89. The third-order valence-electron chi connectivity index (χ3n) is 1.93. The molecule has 0 spiro atoms. The van der Waals surface area contributed by atoms with Crippen LogP contribution < -0.4 is 0 Å². The fourth-order valence-electron chi connectivity index (χ4n) is 1.21. The number of aromatic hydroxyl groups is 1. The summed E-state index contributed by atoms with van der Waals surface area (Å²) in [5, 5.41) is 9.29. The molecule has 0 aromatic heterocycles. The first-order valence-electron chi connectivity index (χ1n) is 4.45. The summed E-state index contributed by atoms with van der Waals surface area (Å²) < 4.78 is 0. The topological polar surface area (TPSA) is 32.6 Å². The maximum absolute atomic E-state index is 9.29. The predicted molar refractivity (Wildman–Crippen MR) is 58.3 cm³/mol. The van der Waals surface area contributed by atoms with Crippen LogP contribution in [-0.2, 0) is 17.1 Å². The van der Waals surface area contributed by atoms with Crippen molar-refractivity contribution in [2.45, 2.75) is 13.3 Å². The Morgan fingerprint density at radius 3 is 2.93 bits per heavy atom. The number of phenolic OH excluding ortho intramolecular Hbond substituents is 1. The van der Waals surface area contributed by atoms with Gasteiger partial charge in [-0.25, -0.2) is 6.07 Å². The molecule has 1 radical (unpaired) electrons. The zero-order valence-corrected chi connectivity index (χ0v) is 9.81. The summed E-state index contributed by atoms with van der Waals surface area (Å²) in [6.07, 6.45) is 3.84. The Kier molecular flexibility index (Phi) is 6.76. The van der Waals surface area contributed by atoms with Gasteiger partial charge in [0.15, 0.2) is 0 Å². The van der Waals surface area contributed by atoms with Crippen LogP contribution in [0.1, 0.15) is 18.9 Å². The summed E-state index contributed by atoms with van der Waals surface area (Å²) in [6, 6.07) is 8.02. The van der Waals surface area contributed by atoms with E-state index in [1.165, 1.54) is 0 Å². The van der Waals surface area contributed by atoms with Gasteiger partial charge in [-0.1, -0.05) is 6.42 Å². The first kappa shape index (κ1) is 13.9. The molecule has 2 nitrogen and oxygen atoms in total. The van der Waals surface area contributed by atoms with Crippen molar-refractivity contribution in [3.05, 3.63) is 35.9 Å². The Balaban J connectivity index is 0.00000196. The smallest absolute Gasteiger partial charge is 0.529 e. The third-order valence-corrected chi connectivity index (χ3v) is 1.93. The molecule has 15 heavy (non-hydrogen) atoms. The minimum Gasteiger partial charge on any atom is -0.529 e. The fraction of sp³-hybridized carbons (Fsp3) is 0.250. The zero-order chi connectivity index (χ0) is 10.4. The first-order chi connectivity index (χ1) is 6.77. The van der Waals surface area contributed by atoms with Crippen molar-refractivity contribution in [2.24, 2.45) is 4.99 Å². The van der Waals surface area contributed by atoms with Gasteiger partial charge in [-0.2, -0.15) is 12.1 Å². The number of rotatable bonds is 4.